The van der Waals surface area contributed by atoms with Crippen LogP contribution in [0.15, 0.2) is 51.7 Å². The maximum Gasteiger partial charge on any atom is 0.290 e. The van der Waals surface area contributed by atoms with Crippen molar-refractivity contribution >= 4 is 16.9 Å². The van der Waals surface area contributed by atoms with Crippen molar-refractivity contribution in [3.63, 3.8) is 0 Å². The van der Waals surface area contributed by atoms with Gasteiger partial charge in [-0.05, 0) is 36.6 Å². The van der Waals surface area contributed by atoms with Crippen LogP contribution in [0.1, 0.15) is 45.8 Å². The molecule has 1 unspecified atom stereocenters. The molecule has 2 aliphatic rings. The normalized spacial score (nSPS) is 19.0. The number of amides is 1. The number of hydrogen-bond donors (Lipinski definition) is 0. The molecule has 6 nitrogen and oxygen atoms in total. The van der Waals surface area contributed by atoms with E-state index in [1.54, 1.807) is 11.0 Å². The van der Waals surface area contributed by atoms with Crippen LogP contribution in [0.2, 0.25) is 0 Å². The summed E-state index contributed by atoms with van der Waals surface area (Å²) in [6.45, 7) is 8.47. The molecule has 0 saturated carbocycles. The summed E-state index contributed by atoms with van der Waals surface area (Å²) in [7, 11) is 0. The molecule has 166 valence electrons. The molecule has 6 heteroatoms. The summed E-state index contributed by atoms with van der Waals surface area (Å²) in [5.74, 6) is -0.0308. The lowest BCUT2D eigenvalue weighted by atomic mass is 9.97. The number of carbonyl (C=O) groups is 1. The third kappa shape index (κ3) is 3.63. The maximum absolute atomic E-state index is 13.7. The van der Waals surface area contributed by atoms with Crippen LogP contribution in [0.3, 0.4) is 0 Å². The van der Waals surface area contributed by atoms with Crippen molar-refractivity contribution in [1.29, 1.82) is 0 Å². The molecule has 5 rings (SSSR count). The van der Waals surface area contributed by atoms with E-state index in [0.29, 0.717) is 36.3 Å². The van der Waals surface area contributed by atoms with Gasteiger partial charge in [0.1, 0.15) is 5.58 Å². The lowest BCUT2D eigenvalue weighted by Gasteiger charge is -2.31. The quantitative estimate of drug-likeness (QED) is 0.617. The lowest BCUT2D eigenvalue weighted by Crippen LogP contribution is -2.42. The number of aryl methyl sites for hydroxylation is 2. The van der Waals surface area contributed by atoms with Crippen molar-refractivity contribution in [3.8, 4) is 0 Å². The first kappa shape index (κ1) is 20.9. The molecular weight excluding hydrogens is 404 g/mol. The molecule has 1 saturated heterocycles. The fourth-order valence-electron chi connectivity index (χ4n) is 4.69. The zero-order valence-electron chi connectivity index (χ0n) is 18.6. The van der Waals surface area contributed by atoms with Gasteiger partial charge in [0.25, 0.3) is 5.91 Å². The average Bonchev–Trinajstić information content (AvgIpc) is 3.10. The van der Waals surface area contributed by atoms with E-state index in [1.165, 1.54) is 0 Å². The van der Waals surface area contributed by atoms with Crippen LogP contribution in [0.25, 0.3) is 11.0 Å². The molecule has 3 heterocycles. The molecule has 32 heavy (non-hydrogen) atoms. The number of benzene rings is 2. The number of ether oxygens (including phenoxy) is 1. The van der Waals surface area contributed by atoms with E-state index in [-0.39, 0.29) is 17.1 Å². The minimum atomic E-state index is -0.440. The van der Waals surface area contributed by atoms with E-state index in [9.17, 15) is 9.59 Å². The van der Waals surface area contributed by atoms with Gasteiger partial charge in [-0.25, -0.2) is 0 Å². The Morgan fingerprint density at radius 2 is 1.75 bits per heavy atom. The van der Waals surface area contributed by atoms with Crippen molar-refractivity contribution in [2.24, 2.45) is 0 Å². The third-order valence-corrected chi connectivity index (χ3v) is 6.59. The van der Waals surface area contributed by atoms with Crippen LogP contribution in [0.5, 0.6) is 0 Å². The first-order valence-corrected chi connectivity index (χ1v) is 11.3. The van der Waals surface area contributed by atoms with E-state index in [1.807, 2.05) is 43.3 Å². The van der Waals surface area contributed by atoms with Crippen LogP contribution in [-0.2, 0) is 11.2 Å². The SMILES string of the molecule is CCc1ccc2oc3c(c(=O)c2c1)C(c1ccc(C)cc1)N(CCN1CCOCC1)C3=O. The van der Waals surface area contributed by atoms with Gasteiger partial charge in [0, 0.05) is 26.2 Å². The highest BCUT2D eigenvalue weighted by Crippen LogP contribution is 2.38. The van der Waals surface area contributed by atoms with Crippen molar-refractivity contribution < 1.29 is 13.9 Å². The second kappa shape index (κ2) is 8.52. The van der Waals surface area contributed by atoms with Gasteiger partial charge in [-0.2, -0.15) is 0 Å². The molecule has 0 spiro atoms. The van der Waals surface area contributed by atoms with Gasteiger partial charge in [0.05, 0.1) is 30.2 Å². The van der Waals surface area contributed by atoms with E-state index < -0.39 is 6.04 Å². The van der Waals surface area contributed by atoms with Crippen molar-refractivity contribution in [2.45, 2.75) is 26.3 Å². The highest BCUT2D eigenvalue weighted by molar-refractivity contribution is 5.99. The largest absolute Gasteiger partial charge is 0.450 e. The Hall–Kier alpha value is -2.96. The Morgan fingerprint density at radius 1 is 1.00 bits per heavy atom. The lowest BCUT2D eigenvalue weighted by molar-refractivity contribution is 0.0314. The van der Waals surface area contributed by atoms with Gasteiger partial charge in [0.2, 0.25) is 5.76 Å². The fraction of sp³-hybridized carbons (Fsp3) is 0.385. The molecule has 3 aromatic rings. The minimum absolute atomic E-state index is 0.107. The summed E-state index contributed by atoms with van der Waals surface area (Å²) in [6, 6.07) is 13.3. The molecular formula is C26H28N2O4. The number of morpholine rings is 1. The van der Waals surface area contributed by atoms with Crippen molar-refractivity contribution in [1.82, 2.24) is 9.80 Å². The van der Waals surface area contributed by atoms with Gasteiger partial charge in [0.15, 0.2) is 5.43 Å². The number of fused-ring (bicyclic) bond motifs is 2. The zero-order chi connectivity index (χ0) is 22.2. The van der Waals surface area contributed by atoms with E-state index in [0.717, 1.165) is 42.7 Å². The molecule has 0 N–H and O–H groups in total. The molecule has 1 fully saturated rings. The number of hydrogen-bond acceptors (Lipinski definition) is 5. The second-order valence-corrected chi connectivity index (χ2v) is 8.62. The average molecular weight is 433 g/mol. The summed E-state index contributed by atoms with van der Waals surface area (Å²) in [4.78, 5) is 31.3. The summed E-state index contributed by atoms with van der Waals surface area (Å²) in [5.41, 5.74) is 3.97. The standard InChI is InChI=1S/C26H28N2O4/c1-3-18-6-9-21-20(16-18)24(29)22-23(19-7-4-17(2)5-8-19)28(26(30)25(22)32-21)11-10-27-12-14-31-15-13-27/h4-9,16,23H,3,10-15H2,1-2H3. The number of nitrogens with zero attached hydrogens (tertiary/aromatic N) is 2. The molecule has 0 radical (unpaired) electrons. The molecule has 1 amide bonds. The summed E-state index contributed by atoms with van der Waals surface area (Å²) < 4.78 is 11.5. The van der Waals surface area contributed by atoms with Crippen LogP contribution in [-0.4, -0.2) is 55.1 Å². The van der Waals surface area contributed by atoms with E-state index in [4.69, 9.17) is 9.15 Å². The van der Waals surface area contributed by atoms with Gasteiger partial charge in [-0.3, -0.25) is 14.5 Å². The highest BCUT2D eigenvalue weighted by atomic mass is 16.5. The van der Waals surface area contributed by atoms with Gasteiger partial charge in [-0.15, -0.1) is 0 Å². The monoisotopic (exact) mass is 432 g/mol. The minimum Gasteiger partial charge on any atom is -0.450 e. The van der Waals surface area contributed by atoms with Crippen molar-refractivity contribution in [2.75, 3.05) is 39.4 Å². The van der Waals surface area contributed by atoms with Crippen LogP contribution < -0.4 is 5.43 Å². The van der Waals surface area contributed by atoms with Crippen LogP contribution in [0.4, 0.5) is 0 Å². The Labute approximate surface area is 187 Å². The summed E-state index contributed by atoms with van der Waals surface area (Å²) in [5, 5.41) is 0.544. The van der Waals surface area contributed by atoms with E-state index in [2.05, 4.69) is 11.8 Å². The first-order valence-electron chi connectivity index (χ1n) is 11.3. The highest BCUT2D eigenvalue weighted by Gasteiger charge is 2.42. The van der Waals surface area contributed by atoms with Crippen LogP contribution in [0, 0.1) is 6.92 Å². The Kier molecular flexibility index (Phi) is 5.57. The summed E-state index contributed by atoms with van der Waals surface area (Å²) >= 11 is 0. The molecule has 2 aromatic carbocycles. The van der Waals surface area contributed by atoms with Crippen LogP contribution >= 0.6 is 0 Å². The predicted molar refractivity (Wildman–Crippen MR) is 123 cm³/mol. The molecule has 1 atom stereocenters. The molecule has 2 aliphatic heterocycles. The van der Waals surface area contributed by atoms with Gasteiger partial charge in [-0.1, -0.05) is 42.8 Å². The van der Waals surface area contributed by atoms with Crippen molar-refractivity contribution in [3.05, 3.63) is 80.7 Å². The van der Waals surface area contributed by atoms with Gasteiger partial charge < -0.3 is 14.1 Å². The fourth-order valence-corrected chi connectivity index (χ4v) is 4.69. The Morgan fingerprint density at radius 3 is 2.47 bits per heavy atom. The molecule has 1 aromatic heterocycles. The Balaban J connectivity index is 1.60. The maximum atomic E-state index is 13.7. The van der Waals surface area contributed by atoms with Gasteiger partial charge >= 0.3 is 0 Å². The molecule has 0 bridgehead atoms. The predicted octanol–water partition coefficient (Wildman–Crippen LogP) is 3.54. The number of carbonyl (C=O) groups excluding carboxylic acids is 1. The topological polar surface area (TPSA) is 63.0 Å². The van der Waals surface area contributed by atoms with E-state index >= 15 is 0 Å². The number of rotatable bonds is 5. The molecule has 0 aliphatic carbocycles. The second-order valence-electron chi connectivity index (χ2n) is 8.62. The Bertz CT molecular complexity index is 1210. The summed E-state index contributed by atoms with van der Waals surface area (Å²) in [6.07, 6.45) is 0.832. The smallest absolute Gasteiger partial charge is 0.290 e. The third-order valence-electron chi connectivity index (χ3n) is 6.59. The first-order chi connectivity index (χ1) is 15.6. The zero-order valence-corrected chi connectivity index (χ0v) is 18.6.